The maximum atomic E-state index is 3.55. The van der Waals surface area contributed by atoms with Crippen LogP contribution in [0.3, 0.4) is 0 Å². The van der Waals surface area contributed by atoms with Crippen LogP contribution in [0.5, 0.6) is 0 Å². The van der Waals surface area contributed by atoms with Gasteiger partial charge in [0, 0.05) is 28.0 Å². The smallest absolute Gasteiger partial charge is 0.0473 e. The van der Waals surface area contributed by atoms with E-state index in [-0.39, 0.29) is 0 Å². The molecule has 1 aromatic carbocycles. The van der Waals surface area contributed by atoms with Gasteiger partial charge in [0.25, 0.3) is 0 Å². The maximum Gasteiger partial charge on any atom is 0.0473 e. The number of benzene rings is 1. The SMILES string of the molecule is CCCNC(C)c1cccn1Cc1ccc(I)cc1. The maximum absolute atomic E-state index is 3.55. The number of nitrogens with zero attached hydrogens (tertiary/aromatic N) is 1. The Morgan fingerprint density at radius 1 is 1.21 bits per heavy atom. The van der Waals surface area contributed by atoms with Gasteiger partial charge in [-0.15, -0.1) is 0 Å². The van der Waals surface area contributed by atoms with Crippen LogP contribution in [0.15, 0.2) is 42.6 Å². The van der Waals surface area contributed by atoms with Crippen molar-refractivity contribution >= 4 is 22.6 Å². The summed E-state index contributed by atoms with van der Waals surface area (Å²) in [5, 5.41) is 3.55. The van der Waals surface area contributed by atoms with E-state index in [9.17, 15) is 0 Å². The summed E-state index contributed by atoms with van der Waals surface area (Å²) in [4.78, 5) is 0. The van der Waals surface area contributed by atoms with Crippen molar-refractivity contribution in [2.24, 2.45) is 0 Å². The summed E-state index contributed by atoms with van der Waals surface area (Å²) < 4.78 is 3.61. The third-order valence-corrected chi connectivity index (χ3v) is 3.99. The van der Waals surface area contributed by atoms with Crippen LogP contribution in [0.25, 0.3) is 0 Å². The van der Waals surface area contributed by atoms with Gasteiger partial charge in [0.15, 0.2) is 0 Å². The number of hydrogen-bond acceptors (Lipinski definition) is 1. The molecule has 0 amide bonds. The van der Waals surface area contributed by atoms with E-state index in [1.807, 2.05) is 0 Å². The van der Waals surface area contributed by atoms with Gasteiger partial charge >= 0.3 is 0 Å². The average Bonchev–Trinajstić information content (AvgIpc) is 2.87. The van der Waals surface area contributed by atoms with Crippen molar-refractivity contribution in [3.8, 4) is 0 Å². The first-order valence-corrected chi connectivity index (χ1v) is 7.91. The predicted molar refractivity (Wildman–Crippen MR) is 89.4 cm³/mol. The molecular formula is C16H21IN2. The highest BCUT2D eigenvalue weighted by molar-refractivity contribution is 14.1. The fourth-order valence-corrected chi connectivity index (χ4v) is 2.58. The van der Waals surface area contributed by atoms with Gasteiger partial charge in [0.05, 0.1) is 0 Å². The number of hydrogen-bond donors (Lipinski definition) is 1. The molecule has 19 heavy (non-hydrogen) atoms. The Hall–Kier alpha value is -0.810. The van der Waals surface area contributed by atoms with Crippen LogP contribution in [0, 0.1) is 3.57 Å². The van der Waals surface area contributed by atoms with E-state index in [0.29, 0.717) is 6.04 Å². The number of aromatic nitrogens is 1. The lowest BCUT2D eigenvalue weighted by molar-refractivity contribution is 0.534. The summed E-state index contributed by atoms with van der Waals surface area (Å²) >= 11 is 2.34. The molecule has 102 valence electrons. The van der Waals surface area contributed by atoms with E-state index in [2.05, 4.69) is 88.9 Å². The highest BCUT2D eigenvalue weighted by Gasteiger charge is 2.09. The molecule has 2 aromatic rings. The number of rotatable bonds is 6. The zero-order valence-corrected chi connectivity index (χ0v) is 13.7. The molecule has 0 aliphatic carbocycles. The lowest BCUT2D eigenvalue weighted by atomic mass is 10.2. The highest BCUT2D eigenvalue weighted by atomic mass is 127. The van der Waals surface area contributed by atoms with E-state index in [1.54, 1.807) is 0 Å². The normalized spacial score (nSPS) is 12.6. The van der Waals surface area contributed by atoms with Gasteiger partial charge in [0.1, 0.15) is 0 Å². The molecule has 1 heterocycles. The van der Waals surface area contributed by atoms with E-state index in [0.717, 1.165) is 13.1 Å². The minimum absolute atomic E-state index is 0.402. The molecule has 1 aromatic heterocycles. The molecule has 0 saturated carbocycles. The van der Waals surface area contributed by atoms with Gasteiger partial charge in [-0.1, -0.05) is 19.1 Å². The van der Waals surface area contributed by atoms with Gasteiger partial charge in [-0.2, -0.15) is 0 Å². The molecule has 3 heteroatoms. The molecule has 2 nitrogen and oxygen atoms in total. The Bertz CT molecular complexity index is 502. The lowest BCUT2D eigenvalue weighted by Gasteiger charge is -2.17. The molecule has 0 aliphatic heterocycles. The Balaban J connectivity index is 2.08. The molecule has 0 spiro atoms. The van der Waals surface area contributed by atoms with E-state index in [1.165, 1.54) is 21.2 Å². The van der Waals surface area contributed by atoms with Crippen molar-refractivity contribution in [1.29, 1.82) is 0 Å². The Morgan fingerprint density at radius 3 is 2.63 bits per heavy atom. The second kappa shape index (κ2) is 7.10. The van der Waals surface area contributed by atoms with Crippen molar-refractivity contribution in [2.45, 2.75) is 32.9 Å². The summed E-state index contributed by atoms with van der Waals surface area (Å²) in [6.45, 7) is 6.44. The van der Waals surface area contributed by atoms with Crippen LogP contribution in [0.2, 0.25) is 0 Å². The topological polar surface area (TPSA) is 17.0 Å². The molecule has 1 atom stereocenters. The van der Waals surface area contributed by atoms with E-state index >= 15 is 0 Å². The van der Waals surface area contributed by atoms with Crippen LogP contribution in [-0.2, 0) is 6.54 Å². The van der Waals surface area contributed by atoms with Crippen molar-refractivity contribution < 1.29 is 0 Å². The molecule has 0 fully saturated rings. The first kappa shape index (κ1) is 14.6. The summed E-state index contributed by atoms with van der Waals surface area (Å²) in [6.07, 6.45) is 3.33. The monoisotopic (exact) mass is 368 g/mol. The van der Waals surface area contributed by atoms with Crippen molar-refractivity contribution in [3.05, 3.63) is 57.4 Å². The highest BCUT2D eigenvalue weighted by Crippen LogP contribution is 2.16. The van der Waals surface area contributed by atoms with Crippen LogP contribution < -0.4 is 5.32 Å². The zero-order chi connectivity index (χ0) is 13.7. The zero-order valence-electron chi connectivity index (χ0n) is 11.6. The minimum Gasteiger partial charge on any atom is -0.346 e. The van der Waals surface area contributed by atoms with Crippen LogP contribution in [-0.4, -0.2) is 11.1 Å². The summed E-state index contributed by atoms with van der Waals surface area (Å²) in [5.41, 5.74) is 2.70. The minimum atomic E-state index is 0.402. The quantitative estimate of drug-likeness (QED) is 0.757. The Morgan fingerprint density at radius 2 is 1.95 bits per heavy atom. The summed E-state index contributed by atoms with van der Waals surface area (Å²) in [7, 11) is 0. The molecule has 1 N–H and O–H groups in total. The predicted octanol–water partition coefficient (Wildman–Crippen LogP) is 4.20. The molecule has 0 bridgehead atoms. The first-order chi connectivity index (χ1) is 9.20. The van der Waals surface area contributed by atoms with Crippen LogP contribution in [0.4, 0.5) is 0 Å². The molecule has 2 rings (SSSR count). The second-order valence-corrected chi connectivity index (χ2v) is 6.11. The van der Waals surface area contributed by atoms with Gasteiger partial charge in [-0.3, -0.25) is 0 Å². The van der Waals surface area contributed by atoms with Crippen molar-refractivity contribution in [2.75, 3.05) is 6.54 Å². The van der Waals surface area contributed by atoms with Crippen LogP contribution >= 0.6 is 22.6 Å². The third kappa shape index (κ3) is 4.08. The van der Waals surface area contributed by atoms with Crippen molar-refractivity contribution in [3.63, 3.8) is 0 Å². The third-order valence-electron chi connectivity index (χ3n) is 3.27. The number of halogens is 1. The molecular weight excluding hydrogens is 347 g/mol. The molecule has 0 saturated heterocycles. The molecule has 0 radical (unpaired) electrons. The molecule has 1 unspecified atom stereocenters. The Labute approximate surface area is 129 Å². The number of nitrogens with one attached hydrogen (secondary N) is 1. The van der Waals surface area contributed by atoms with Gasteiger partial charge in [0.2, 0.25) is 0 Å². The second-order valence-electron chi connectivity index (χ2n) is 4.86. The average molecular weight is 368 g/mol. The summed E-state index contributed by atoms with van der Waals surface area (Å²) in [6, 6.07) is 13.5. The summed E-state index contributed by atoms with van der Waals surface area (Å²) in [5.74, 6) is 0. The lowest BCUT2D eigenvalue weighted by Crippen LogP contribution is -2.22. The van der Waals surface area contributed by atoms with E-state index < -0.39 is 0 Å². The van der Waals surface area contributed by atoms with Gasteiger partial charge in [-0.05, 0) is 72.3 Å². The van der Waals surface area contributed by atoms with Crippen molar-refractivity contribution in [1.82, 2.24) is 9.88 Å². The largest absolute Gasteiger partial charge is 0.346 e. The van der Waals surface area contributed by atoms with Gasteiger partial charge < -0.3 is 9.88 Å². The standard InChI is InChI=1S/C16H21IN2/c1-3-10-18-13(2)16-5-4-11-19(16)12-14-6-8-15(17)9-7-14/h4-9,11,13,18H,3,10,12H2,1-2H3. The molecule has 0 aliphatic rings. The fraction of sp³-hybridized carbons (Fsp3) is 0.375. The van der Waals surface area contributed by atoms with E-state index in [4.69, 9.17) is 0 Å². The van der Waals surface area contributed by atoms with Gasteiger partial charge in [-0.25, -0.2) is 0 Å². The van der Waals surface area contributed by atoms with Crippen LogP contribution in [0.1, 0.15) is 37.6 Å². The first-order valence-electron chi connectivity index (χ1n) is 6.83. The Kier molecular flexibility index (Phi) is 5.45. The fourth-order valence-electron chi connectivity index (χ4n) is 2.22.